The van der Waals surface area contributed by atoms with Crippen LogP contribution in [0.3, 0.4) is 0 Å². The first-order valence-electron chi connectivity index (χ1n) is 9.83. The predicted octanol–water partition coefficient (Wildman–Crippen LogP) is 4.60. The molecule has 4 nitrogen and oxygen atoms in total. The zero-order valence-corrected chi connectivity index (χ0v) is 17.6. The Labute approximate surface area is 172 Å². The van der Waals surface area contributed by atoms with Gasteiger partial charge in [-0.3, -0.25) is 9.59 Å². The summed E-state index contributed by atoms with van der Waals surface area (Å²) < 4.78 is 0. The smallest absolute Gasteiger partial charge is 0.243 e. The number of carbonyl (C=O) groups excluding carboxylic acids is 2. The van der Waals surface area contributed by atoms with Gasteiger partial charge in [0.05, 0.1) is 0 Å². The van der Waals surface area contributed by atoms with Crippen molar-refractivity contribution in [2.24, 2.45) is 0 Å². The highest BCUT2D eigenvalue weighted by molar-refractivity contribution is 6.31. The van der Waals surface area contributed by atoms with Crippen LogP contribution in [0.2, 0.25) is 5.02 Å². The Morgan fingerprint density at radius 3 is 2.29 bits per heavy atom. The second-order valence-electron chi connectivity index (χ2n) is 6.99. The fourth-order valence-corrected chi connectivity index (χ4v) is 3.20. The molecular weight excluding hydrogens is 372 g/mol. The molecule has 0 heterocycles. The molecule has 0 fully saturated rings. The molecule has 2 amide bonds. The van der Waals surface area contributed by atoms with E-state index in [9.17, 15) is 9.59 Å². The van der Waals surface area contributed by atoms with Crippen molar-refractivity contribution >= 4 is 23.4 Å². The van der Waals surface area contributed by atoms with Crippen molar-refractivity contribution in [3.8, 4) is 0 Å². The minimum Gasteiger partial charge on any atom is -0.352 e. The van der Waals surface area contributed by atoms with E-state index in [1.807, 2.05) is 69.3 Å². The number of hydrogen-bond donors (Lipinski definition) is 1. The lowest BCUT2D eigenvalue weighted by Crippen LogP contribution is -2.52. The maximum absolute atomic E-state index is 13.1. The Kier molecular flexibility index (Phi) is 8.52. The van der Waals surface area contributed by atoms with Gasteiger partial charge in [0.25, 0.3) is 0 Å². The molecule has 2 rings (SSSR count). The van der Waals surface area contributed by atoms with Crippen LogP contribution in [0.25, 0.3) is 0 Å². The number of hydrogen-bond acceptors (Lipinski definition) is 2. The zero-order valence-electron chi connectivity index (χ0n) is 16.8. The average Bonchev–Trinajstić information content (AvgIpc) is 2.71. The maximum Gasteiger partial charge on any atom is 0.243 e. The molecule has 1 N–H and O–H groups in total. The van der Waals surface area contributed by atoms with Crippen molar-refractivity contribution in [3.05, 3.63) is 70.7 Å². The van der Waals surface area contributed by atoms with E-state index in [2.05, 4.69) is 5.32 Å². The van der Waals surface area contributed by atoms with Gasteiger partial charge in [-0.15, -0.1) is 0 Å². The molecule has 0 aliphatic heterocycles. The summed E-state index contributed by atoms with van der Waals surface area (Å²) in [5.74, 6) is -0.202. The van der Waals surface area contributed by atoms with E-state index in [1.54, 1.807) is 11.0 Å². The van der Waals surface area contributed by atoms with Crippen LogP contribution in [-0.2, 0) is 22.6 Å². The number of nitrogens with one attached hydrogen (secondary N) is 1. The predicted molar refractivity (Wildman–Crippen MR) is 114 cm³/mol. The molecule has 150 valence electrons. The molecule has 2 aromatic rings. The largest absolute Gasteiger partial charge is 0.352 e. The molecule has 0 aliphatic rings. The monoisotopic (exact) mass is 400 g/mol. The lowest BCUT2D eigenvalue weighted by atomic mass is 10.0. The zero-order chi connectivity index (χ0) is 20.5. The number of nitrogens with zero attached hydrogens (tertiary/aromatic N) is 1. The van der Waals surface area contributed by atoms with Crippen LogP contribution in [0.4, 0.5) is 0 Å². The van der Waals surface area contributed by atoms with Crippen molar-refractivity contribution in [2.45, 2.75) is 58.7 Å². The summed E-state index contributed by atoms with van der Waals surface area (Å²) >= 11 is 6.33. The molecule has 0 bridgehead atoms. The molecule has 0 spiro atoms. The van der Waals surface area contributed by atoms with Crippen molar-refractivity contribution < 1.29 is 9.59 Å². The highest BCUT2D eigenvalue weighted by atomic mass is 35.5. The molecule has 2 unspecified atom stereocenters. The third-order valence-corrected chi connectivity index (χ3v) is 5.24. The Hall–Kier alpha value is -2.33. The summed E-state index contributed by atoms with van der Waals surface area (Å²) in [4.78, 5) is 27.6. The van der Waals surface area contributed by atoms with Crippen LogP contribution in [0.15, 0.2) is 54.6 Å². The maximum atomic E-state index is 13.1. The molecule has 2 atom stereocenters. The summed E-state index contributed by atoms with van der Waals surface area (Å²) in [6.07, 6.45) is 1.61. The van der Waals surface area contributed by atoms with Gasteiger partial charge < -0.3 is 10.2 Å². The Balaban J connectivity index is 2.37. The SMILES string of the molecule is CCC(=O)N(Cc1ccccc1Cl)C(Cc1ccccc1)C(=O)NC(C)CC. The van der Waals surface area contributed by atoms with E-state index in [-0.39, 0.29) is 17.9 Å². The van der Waals surface area contributed by atoms with Gasteiger partial charge in [0, 0.05) is 30.5 Å². The number of rotatable bonds is 9. The number of benzene rings is 2. The second kappa shape index (κ2) is 10.9. The van der Waals surface area contributed by atoms with E-state index in [1.165, 1.54) is 0 Å². The van der Waals surface area contributed by atoms with E-state index in [4.69, 9.17) is 11.6 Å². The van der Waals surface area contributed by atoms with Crippen LogP contribution in [0.5, 0.6) is 0 Å². The van der Waals surface area contributed by atoms with Gasteiger partial charge in [0.15, 0.2) is 0 Å². The van der Waals surface area contributed by atoms with E-state index in [0.717, 1.165) is 17.5 Å². The first kappa shape index (κ1) is 22.0. The van der Waals surface area contributed by atoms with Gasteiger partial charge >= 0.3 is 0 Å². The topological polar surface area (TPSA) is 49.4 Å². The summed E-state index contributed by atoms with van der Waals surface area (Å²) in [5, 5.41) is 3.64. The molecule has 0 saturated heterocycles. The Morgan fingerprint density at radius 2 is 1.68 bits per heavy atom. The van der Waals surface area contributed by atoms with Crippen LogP contribution in [0.1, 0.15) is 44.7 Å². The molecule has 0 saturated carbocycles. The van der Waals surface area contributed by atoms with Gasteiger partial charge in [0.2, 0.25) is 11.8 Å². The highest BCUT2D eigenvalue weighted by Gasteiger charge is 2.30. The minimum atomic E-state index is -0.597. The van der Waals surface area contributed by atoms with Gasteiger partial charge in [-0.2, -0.15) is 0 Å². The molecular formula is C23H29ClN2O2. The average molecular weight is 401 g/mol. The minimum absolute atomic E-state index is 0.0460. The lowest BCUT2D eigenvalue weighted by molar-refractivity contribution is -0.141. The van der Waals surface area contributed by atoms with E-state index < -0.39 is 6.04 Å². The van der Waals surface area contributed by atoms with Crippen molar-refractivity contribution in [3.63, 3.8) is 0 Å². The fourth-order valence-electron chi connectivity index (χ4n) is 3.01. The van der Waals surface area contributed by atoms with Gasteiger partial charge in [0.1, 0.15) is 6.04 Å². The van der Waals surface area contributed by atoms with Gasteiger partial charge in [-0.05, 0) is 30.5 Å². The molecule has 28 heavy (non-hydrogen) atoms. The summed E-state index contributed by atoms with van der Waals surface area (Å²) in [7, 11) is 0. The van der Waals surface area contributed by atoms with Crippen LogP contribution >= 0.6 is 11.6 Å². The molecule has 0 aromatic heterocycles. The van der Waals surface area contributed by atoms with Crippen molar-refractivity contribution in [1.29, 1.82) is 0 Å². The third kappa shape index (κ3) is 6.10. The molecule has 2 aromatic carbocycles. The summed E-state index contributed by atoms with van der Waals surface area (Å²) in [5.41, 5.74) is 1.85. The summed E-state index contributed by atoms with van der Waals surface area (Å²) in [6, 6.07) is 16.7. The van der Waals surface area contributed by atoms with E-state index >= 15 is 0 Å². The highest BCUT2D eigenvalue weighted by Crippen LogP contribution is 2.21. The molecule has 0 aliphatic carbocycles. The lowest BCUT2D eigenvalue weighted by Gasteiger charge is -2.32. The van der Waals surface area contributed by atoms with Crippen molar-refractivity contribution in [1.82, 2.24) is 10.2 Å². The molecule has 5 heteroatoms. The number of carbonyl (C=O) groups is 2. The van der Waals surface area contributed by atoms with Crippen LogP contribution in [-0.4, -0.2) is 28.8 Å². The quantitative estimate of drug-likeness (QED) is 0.668. The second-order valence-corrected chi connectivity index (χ2v) is 7.40. The van der Waals surface area contributed by atoms with Crippen molar-refractivity contribution in [2.75, 3.05) is 0 Å². The van der Waals surface area contributed by atoms with Crippen LogP contribution < -0.4 is 5.32 Å². The standard InChI is InChI=1S/C23H29ClN2O2/c1-4-17(3)25-23(28)21(15-18-11-7-6-8-12-18)26(22(27)5-2)16-19-13-9-10-14-20(19)24/h6-14,17,21H,4-5,15-16H2,1-3H3,(H,25,28). The first-order chi connectivity index (χ1) is 13.5. The summed E-state index contributed by atoms with van der Waals surface area (Å²) in [6.45, 7) is 6.11. The van der Waals surface area contributed by atoms with Gasteiger partial charge in [-0.1, -0.05) is 74.0 Å². The normalized spacial score (nSPS) is 12.9. The first-order valence-corrected chi connectivity index (χ1v) is 10.2. The van der Waals surface area contributed by atoms with E-state index in [0.29, 0.717) is 24.4 Å². The van der Waals surface area contributed by atoms with Gasteiger partial charge in [-0.25, -0.2) is 0 Å². The van der Waals surface area contributed by atoms with Crippen LogP contribution in [0, 0.1) is 0 Å². The Morgan fingerprint density at radius 1 is 1.04 bits per heavy atom. The number of amides is 2. The Bertz CT molecular complexity index is 779. The molecule has 0 radical (unpaired) electrons. The number of halogens is 1. The third-order valence-electron chi connectivity index (χ3n) is 4.87. The fraction of sp³-hybridized carbons (Fsp3) is 0.391.